The molecule has 0 aliphatic heterocycles. The predicted octanol–water partition coefficient (Wildman–Crippen LogP) is 6.29. The van der Waals surface area contributed by atoms with Crippen LogP contribution in [-0.2, 0) is 0 Å². The summed E-state index contributed by atoms with van der Waals surface area (Å²) in [6, 6.07) is 0. The minimum Gasteiger partial charge on any atom is -0.513 e. The lowest BCUT2D eigenvalue weighted by Crippen LogP contribution is -1.85. The van der Waals surface area contributed by atoms with E-state index in [0.29, 0.717) is 5.76 Å². The fourth-order valence-electron chi connectivity index (χ4n) is 2.77. The van der Waals surface area contributed by atoms with Gasteiger partial charge >= 0.3 is 0 Å². The zero-order chi connectivity index (χ0) is 12.9. The molecule has 1 aliphatic carbocycles. The van der Waals surface area contributed by atoms with E-state index in [-0.39, 0.29) is 0 Å². The van der Waals surface area contributed by atoms with Crippen LogP contribution < -0.4 is 0 Å². The van der Waals surface area contributed by atoms with Crippen molar-refractivity contribution in [2.45, 2.75) is 96.3 Å². The highest BCUT2D eigenvalue weighted by molar-refractivity contribution is 4.90. The van der Waals surface area contributed by atoms with Crippen molar-refractivity contribution in [1.82, 2.24) is 0 Å². The average molecular weight is 252 g/mol. The van der Waals surface area contributed by atoms with E-state index in [0.717, 1.165) is 12.8 Å². The van der Waals surface area contributed by atoms with Gasteiger partial charge in [0.2, 0.25) is 0 Å². The van der Waals surface area contributed by atoms with Crippen molar-refractivity contribution in [1.29, 1.82) is 0 Å². The largest absolute Gasteiger partial charge is 0.513 e. The van der Waals surface area contributed by atoms with Gasteiger partial charge in [0.1, 0.15) is 0 Å². The van der Waals surface area contributed by atoms with Crippen LogP contribution in [-0.4, -0.2) is 5.11 Å². The Kier molecular flexibility index (Phi) is 10.1. The van der Waals surface area contributed by atoms with Crippen LogP contribution in [0.5, 0.6) is 0 Å². The lowest BCUT2D eigenvalue weighted by atomic mass is 10.0. The zero-order valence-electron chi connectivity index (χ0n) is 12.1. The summed E-state index contributed by atoms with van der Waals surface area (Å²) in [5.41, 5.74) is 0. The number of aliphatic hydroxyl groups excluding tert-OH is 1. The molecule has 0 fully saturated rings. The van der Waals surface area contributed by atoms with E-state index in [9.17, 15) is 5.11 Å². The van der Waals surface area contributed by atoms with Gasteiger partial charge in [-0.3, -0.25) is 0 Å². The minimum absolute atomic E-state index is 0.638. The van der Waals surface area contributed by atoms with Gasteiger partial charge in [-0.05, 0) is 25.3 Å². The summed E-state index contributed by atoms with van der Waals surface area (Å²) >= 11 is 0. The maximum Gasteiger partial charge on any atom is 0.0882 e. The first-order valence-corrected chi connectivity index (χ1v) is 8.27. The van der Waals surface area contributed by atoms with Crippen LogP contribution in [0.4, 0.5) is 0 Å². The Balaban J connectivity index is 2.17. The quantitative estimate of drug-likeness (QED) is 0.537. The molecule has 1 heteroatoms. The summed E-state index contributed by atoms with van der Waals surface area (Å²) in [5.74, 6) is 0.638. The first kappa shape index (κ1) is 15.6. The Morgan fingerprint density at radius 3 is 1.44 bits per heavy atom. The Bertz CT molecular complexity index is 208. The molecule has 0 amide bonds. The van der Waals surface area contributed by atoms with Gasteiger partial charge in [0.15, 0.2) is 0 Å². The van der Waals surface area contributed by atoms with Crippen molar-refractivity contribution in [3.63, 3.8) is 0 Å². The third-order valence-electron chi connectivity index (χ3n) is 4.02. The van der Waals surface area contributed by atoms with Crippen molar-refractivity contribution >= 4 is 0 Å². The summed E-state index contributed by atoms with van der Waals surface area (Å²) < 4.78 is 0. The van der Waals surface area contributed by atoms with Crippen LogP contribution in [0.1, 0.15) is 96.3 Å². The van der Waals surface area contributed by atoms with Gasteiger partial charge in [-0.25, -0.2) is 0 Å². The summed E-state index contributed by atoms with van der Waals surface area (Å²) in [7, 11) is 0. The standard InChI is InChI=1S/C17H32O/c18-17-15-13-11-9-7-5-3-1-2-4-6-8-10-12-14-16-17/h15,18H,1-14,16H2/b17-15-. The average Bonchev–Trinajstić information content (AvgIpc) is 2.37. The maximum absolute atomic E-state index is 9.73. The Morgan fingerprint density at radius 2 is 0.944 bits per heavy atom. The second-order valence-corrected chi connectivity index (χ2v) is 5.83. The fraction of sp³-hybridized carbons (Fsp3) is 0.882. The lowest BCUT2D eigenvalue weighted by molar-refractivity contribution is 0.376. The summed E-state index contributed by atoms with van der Waals surface area (Å²) in [5, 5.41) is 9.73. The molecule has 0 bridgehead atoms. The molecule has 106 valence electrons. The van der Waals surface area contributed by atoms with E-state index in [4.69, 9.17) is 0 Å². The number of hydrogen-bond acceptors (Lipinski definition) is 1. The molecule has 18 heavy (non-hydrogen) atoms. The molecular formula is C17H32O. The van der Waals surface area contributed by atoms with Gasteiger partial charge in [0.25, 0.3) is 0 Å². The fourth-order valence-corrected chi connectivity index (χ4v) is 2.77. The van der Waals surface area contributed by atoms with E-state index in [1.807, 2.05) is 0 Å². The second kappa shape index (κ2) is 11.6. The molecule has 1 aliphatic rings. The van der Waals surface area contributed by atoms with E-state index >= 15 is 0 Å². The number of rotatable bonds is 0. The molecule has 1 rings (SSSR count). The highest BCUT2D eigenvalue weighted by atomic mass is 16.3. The molecule has 0 aromatic heterocycles. The predicted molar refractivity (Wildman–Crippen MR) is 80.0 cm³/mol. The van der Waals surface area contributed by atoms with Crippen molar-refractivity contribution in [3.8, 4) is 0 Å². The smallest absolute Gasteiger partial charge is 0.0882 e. The molecular weight excluding hydrogens is 220 g/mol. The Labute approximate surface area is 114 Å². The topological polar surface area (TPSA) is 20.2 Å². The molecule has 0 saturated heterocycles. The van der Waals surface area contributed by atoms with Crippen LogP contribution in [0.15, 0.2) is 11.8 Å². The van der Waals surface area contributed by atoms with Crippen LogP contribution in [0.3, 0.4) is 0 Å². The van der Waals surface area contributed by atoms with Crippen molar-refractivity contribution in [2.24, 2.45) is 0 Å². The third kappa shape index (κ3) is 9.56. The van der Waals surface area contributed by atoms with Crippen LogP contribution in [0.25, 0.3) is 0 Å². The number of hydrogen-bond donors (Lipinski definition) is 1. The lowest BCUT2D eigenvalue weighted by Gasteiger charge is -2.02. The van der Waals surface area contributed by atoms with Gasteiger partial charge in [-0.1, -0.05) is 70.6 Å². The molecule has 0 aromatic carbocycles. The third-order valence-corrected chi connectivity index (χ3v) is 4.02. The molecule has 1 N–H and O–H groups in total. The number of allylic oxidation sites excluding steroid dienone is 2. The van der Waals surface area contributed by atoms with E-state index in [1.54, 1.807) is 0 Å². The van der Waals surface area contributed by atoms with E-state index in [1.165, 1.54) is 83.5 Å². The molecule has 0 radical (unpaired) electrons. The highest BCUT2D eigenvalue weighted by Crippen LogP contribution is 2.15. The molecule has 1 nitrogen and oxygen atoms in total. The normalized spacial score (nSPS) is 25.9. The van der Waals surface area contributed by atoms with Crippen LogP contribution in [0, 0.1) is 0 Å². The summed E-state index contributed by atoms with van der Waals surface area (Å²) in [6.07, 6.45) is 21.8. The van der Waals surface area contributed by atoms with Gasteiger partial charge in [0, 0.05) is 6.42 Å². The molecule has 0 unspecified atom stereocenters. The van der Waals surface area contributed by atoms with Gasteiger partial charge in [-0.15, -0.1) is 0 Å². The van der Waals surface area contributed by atoms with Crippen LogP contribution >= 0.6 is 0 Å². The zero-order valence-corrected chi connectivity index (χ0v) is 12.1. The first-order chi connectivity index (χ1) is 8.89. The van der Waals surface area contributed by atoms with Crippen molar-refractivity contribution in [3.05, 3.63) is 11.8 Å². The monoisotopic (exact) mass is 252 g/mol. The van der Waals surface area contributed by atoms with Crippen molar-refractivity contribution in [2.75, 3.05) is 0 Å². The Hall–Kier alpha value is -0.460. The number of aliphatic hydroxyl groups is 1. The first-order valence-electron chi connectivity index (χ1n) is 8.27. The molecule has 0 aromatic rings. The highest BCUT2D eigenvalue weighted by Gasteiger charge is 1.97. The van der Waals surface area contributed by atoms with E-state index < -0.39 is 0 Å². The minimum atomic E-state index is 0.638. The van der Waals surface area contributed by atoms with Gasteiger partial charge in [0.05, 0.1) is 5.76 Å². The SMILES string of the molecule is O/C1=C\CCCCCCCCCCCCCCC1. The summed E-state index contributed by atoms with van der Waals surface area (Å²) in [6.45, 7) is 0. The molecule has 0 atom stereocenters. The molecule has 0 spiro atoms. The van der Waals surface area contributed by atoms with Gasteiger partial charge in [-0.2, -0.15) is 0 Å². The maximum atomic E-state index is 9.73. The Morgan fingerprint density at radius 1 is 0.556 bits per heavy atom. The second-order valence-electron chi connectivity index (χ2n) is 5.83. The van der Waals surface area contributed by atoms with E-state index in [2.05, 4.69) is 6.08 Å². The summed E-state index contributed by atoms with van der Waals surface area (Å²) in [4.78, 5) is 0. The van der Waals surface area contributed by atoms with Crippen LogP contribution in [0.2, 0.25) is 0 Å². The molecule has 0 heterocycles. The van der Waals surface area contributed by atoms with Gasteiger partial charge < -0.3 is 5.11 Å². The molecule has 0 saturated carbocycles. The van der Waals surface area contributed by atoms with Crippen molar-refractivity contribution < 1.29 is 5.11 Å².